The zero-order valence-corrected chi connectivity index (χ0v) is 22.3. The molecule has 4 aliphatic rings. The zero-order chi connectivity index (χ0) is 31.0. The molecule has 12 N–H and O–H groups in total. The van der Waals surface area contributed by atoms with Crippen LogP contribution in [-0.2, 0) is 33.2 Å². The van der Waals surface area contributed by atoms with Gasteiger partial charge in [-0.3, -0.25) is 0 Å². The molecular weight excluding hydrogens is 580 g/mol. The van der Waals surface area contributed by atoms with E-state index >= 15 is 0 Å². The van der Waals surface area contributed by atoms with Gasteiger partial charge in [0.1, 0.15) is 85.5 Å². The highest BCUT2D eigenvalue weighted by molar-refractivity contribution is 4.95. The van der Waals surface area contributed by atoms with Crippen molar-refractivity contribution in [2.75, 3.05) is 19.8 Å². The Hall–Kier alpha value is -0.760. The predicted octanol–water partition coefficient (Wildman–Crippen LogP) is -8.08. The van der Waals surface area contributed by atoms with Gasteiger partial charge in [0.05, 0.1) is 25.9 Å². The van der Waals surface area contributed by atoms with E-state index in [9.17, 15) is 61.3 Å². The van der Waals surface area contributed by atoms with E-state index in [0.717, 1.165) is 0 Å². The molecule has 0 aromatic carbocycles. The molecule has 246 valence electrons. The fourth-order valence-corrected chi connectivity index (χ4v) is 5.21. The molecular formula is C23H40O19. The number of aliphatic hydroxyl groups excluding tert-OH is 12. The minimum absolute atomic E-state index is 0.469. The van der Waals surface area contributed by atoms with Crippen LogP contribution >= 0.6 is 0 Å². The fourth-order valence-electron chi connectivity index (χ4n) is 5.21. The average Bonchev–Trinajstić information content (AvgIpc) is 2.97. The molecule has 0 unspecified atom stereocenters. The Morgan fingerprint density at radius 1 is 0.524 bits per heavy atom. The first kappa shape index (κ1) is 34.1. The van der Waals surface area contributed by atoms with Crippen LogP contribution < -0.4 is 0 Å². The van der Waals surface area contributed by atoms with E-state index in [-0.39, 0.29) is 0 Å². The maximum atomic E-state index is 10.7. The third kappa shape index (κ3) is 6.74. The van der Waals surface area contributed by atoms with Crippen molar-refractivity contribution < 1.29 is 94.4 Å². The van der Waals surface area contributed by atoms with Gasteiger partial charge in [-0.2, -0.15) is 0 Å². The molecule has 0 saturated carbocycles. The lowest BCUT2D eigenvalue weighted by Crippen LogP contribution is -2.66. The molecule has 0 aromatic heterocycles. The third-order valence-electron chi connectivity index (χ3n) is 7.79. The first-order valence-electron chi connectivity index (χ1n) is 13.4. The van der Waals surface area contributed by atoms with Gasteiger partial charge in [-0.05, 0) is 6.92 Å². The summed E-state index contributed by atoms with van der Waals surface area (Å²) in [5.41, 5.74) is 0. The van der Waals surface area contributed by atoms with Gasteiger partial charge in [0.15, 0.2) is 25.2 Å². The molecule has 4 saturated heterocycles. The van der Waals surface area contributed by atoms with Crippen LogP contribution in [0.25, 0.3) is 0 Å². The second kappa shape index (κ2) is 14.1. The topological polar surface area (TPSA) is 307 Å². The molecule has 0 radical (unpaired) electrons. The van der Waals surface area contributed by atoms with Gasteiger partial charge in [-0.1, -0.05) is 0 Å². The van der Waals surface area contributed by atoms with Crippen molar-refractivity contribution in [2.24, 2.45) is 0 Å². The summed E-state index contributed by atoms with van der Waals surface area (Å²) < 4.78 is 37.8. The second-order valence-electron chi connectivity index (χ2n) is 10.7. The summed E-state index contributed by atoms with van der Waals surface area (Å²) in [7, 11) is 0. The van der Waals surface area contributed by atoms with E-state index in [2.05, 4.69) is 0 Å². The van der Waals surface area contributed by atoms with Gasteiger partial charge in [0.2, 0.25) is 0 Å². The van der Waals surface area contributed by atoms with Crippen molar-refractivity contribution in [1.29, 1.82) is 0 Å². The Labute approximate surface area is 238 Å². The lowest BCUT2D eigenvalue weighted by Gasteiger charge is -2.47. The molecule has 4 rings (SSSR count). The smallest absolute Gasteiger partial charge is 0.187 e. The van der Waals surface area contributed by atoms with Gasteiger partial charge in [-0.15, -0.1) is 0 Å². The molecule has 0 aromatic rings. The lowest BCUT2D eigenvalue weighted by molar-refractivity contribution is -0.377. The van der Waals surface area contributed by atoms with E-state index in [0.29, 0.717) is 0 Å². The SMILES string of the molecule is C[C@H]1O[C@@H](O)[C@@H](O)[C@@H](O)[C@H]1O[C@H]1OC[C@@H](O[C@H]2O[C@@H](CO)[C@@H](O[C@H]3O[C@@H](CO)[C@@H](O)[C@@H](O)[C@H]3O)[C@@H](O)[C@H]2O)[C@@H](O)[C@H]1O. The molecule has 0 bridgehead atoms. The molecule has 4 aliphatic heterocycles. The van der Waals surface area contributed by atoms with Crippen LogP contribution in [0.4, 0.5) is 0 Å². The van der Waals surface area contributed by atoms with Crippen LogP contribution in [0, 0.1) is 0 Å². The normalized spacial score (nSPS) is 54.1. The van der Waals surface area contributed by atoms with E-state index < -0.39 is 137 Å². The summed E-state index contributed by atoms with van der Waals surface area (Å²) in [6.45, 7) is -0.610. The molecule has 19 heteroatoms. The van der Waals surface area contributed by atoms with Gasteiger partial charge in [0, 0.05) is 0 Å². The molecule has 4 fully saturated rings. The number of rotatable bonds is 8. The van der Waals surface area contributed by atoms with E-state index in [1.807, 2.05) is 0 Å². The summed E-state index contributed by atoms with van der Waals surface area (Å²) >= 11 is 0. The van der Waals surface area contributed by atoms with E-state index in [4.69, 9.17) is 33.2 Å². The number of ether oxygens (including phenoxy) is 7. The van der Waals surface area contributed by atoms with Crippen molar-refractivity contribution in [3.8, 4) is 0 Å². The molecule has 19 atom stereocenters. The monoisotopic (exact) mass is 620 g/mol. The first-order valence-corrected chi connectivity index (χ1v) is 13.4. The molecule has 0 amide bonds. The Bertz CT molecular complexity index is 851. The Morgan fingerprint density at radius 3 is 1.69 bits per heavy atom. The predicted molar refractivity (Wildman–Crippen MR) is 126 cm³/mol. The highest BCUT2D eigenvalue weighted by Crippen LogP contribution is 2.32. The average molecular weight is 621 g/mol. The van der Waals surface area contributed by atoms with Gasteiger partial charge in [-0.25, -0.2) is 0 Å². The van der Waals surface area contributed by atoms with Crippen molar-refractivity contribution in [2.45, 2.75) is 124 Å². The summed E-state index contributed by atoms with van der Waals surface area (Å²) in [4.78, 5) is 0. The minimum Gasteiger partial charge on any atom is -0.394 e. The zero-order valence-electron chi connectivity index (χ0n) is 22.3. The van der Waals surface area contributed by atoms with Gasteiger partial charge in [0.25, 0.3) is 0 Å². The summed E-state index contributed by atoms with van der Waals surface area (Å²) in [6.07, 6.45) is -30.5. The summed E-state index contributed by atoms with van der Waals surface area (Å²) in [5.74, 6) is 0. The highest BCUT2D eigenvalue weighted by Gasteiger charge is 2.53. The molecule has 0 spiro atoms. The molecule has 19 nitrogen and oxygen atoms in total. The lowest BCUT2D eigenvalue weighted by atomic mass is 9.96. The van der Waals surface area contributed by atoms with Gasteiger partial charge >= 0.3 is 0 Å². The Balaban J connectivity index is 1.36. The van der Waals surface area contributed by atoms with Crippen LogP contribution in [0.3, 0.4) is 0 Å². The molecule has 42 heavy (non-hydrogen) atoms. The Kier molecular flexibility index (Phi) is 11.5. The van der Waals surface area contributed by atoms with E-state index in [1.54, 1.807) is 0 Å². The van der Waals surface area contributed by atoms with Crippen molar-refractivity contribution >= 4 is 0 Å². The quantitative estimate of drug-likeness (QED) is 0.120. The van der Waals surface area contributed by atoms with E-state index in [1.165, 1.54) is 6.92 Å². The van der Waals surface area contributed by atoms with Crippen LogP contribution in [0.2, 0.25) is 0 Å². The fraction of sp³-hybridized carbons (Fsp3) is 1.00. The van der Waals surface area contributed by atoms with Crippen molar-refractivity contribution in [1.82, 2.24) is 0 Å². The standard InChI is InChI=1S/C23H40O19/c1-5-18(12(29)14(31)20(35)37-5)41-21-15(32)10(27)8(4-36-21)40-22-17(34)13(30)19(7(3-25)39-22)42-23-16(33)11(28)9(26)6(2-24)38-23/h5-35H,2-4H2,1H3/t5-,6+,7+,8-,9-,10-,11-,12-,13+,14+,15-,16-,17-,18+,19-,20-,21-,22-,23-/m1/s1. The van der Waals surface area contributed by atoms with Crippen LogP contribution in [0.5, 0.6) is 0 Å². The number of hydrogen-bond acceptors (Lipinski definition) is 19. The number of hydrogen-bond donors (Lipinski definition) is 12. The summed E-state index contributed by atoms with van der Waals surface area (Å²) in [5, 5.41) is 122. The van der Waals surface area contributed by atoms with Crippen LogP contribution in [0.15, 0.2) is 0 Å². The molecule has 0 aliphatic carbocycles. The first-order chi connectivity index (χ1) is 19.8. The number of aliphatic hydroxyl groups is 12. The van der Waals surface area contributed by atoms with Gasteiger partial charge < -0.3 is 94.4 Å². The Morgan fingerprint density at radius 2 is 1.05 bits per heavy atom. The maximum Gasteiger partial charge on any atom is 0.187 e. The maximum absolute atomic E-state index is 10.7. The van der Waals surface area contributed by atoms with Crippen molar-refractivity contribution in [3.63, 3.8) is 0 Å². The summed E-state index contributed by atoms with van der Waals surface area (Å²) in [6, 6.07) is 0. The minimum atomic E-state index is -1.90. The second-order valence-corrected chi connectivity index (χ2v) is 10.7. The third-order valence-corrected chi connectivity index (χ3v) is 7.79. The largest absolute Gasteiger partial charge is 0.394 e. The van der Waals surface area contributed by atoms with Crippen LogP contribution in [-0.4, -0.2) is 198 Å². The highest BCUT2D eigenvalue weighted by atomic mass is 16.8. The molecule has 4 heterocycles. The van der Waals surface area contributed by atoms with Crippen molar-refractivity contribution in [3.05, 3.63) is 0 Å². The van der Waals surface area contributed by atoms with Crippen LogP contribution in [0.1, 0.15) is 6.92 Å².